The second-order valence-corrected chi connectivity index (χ2v) is 5.91. The number of hydrogen-bond donors (Lipinski definition) is 1. The zero-order valence-electron chi connectivity index (χ0n) is 13.5. The Morgan fingerprint density at radius 2 is 2.04 bits per heavy atom. The van der Waals surface area contributed by atoms with Crippen molar-refractivity contribution in [3.63, 3.8) is 0 Å². The first-order chi connectivity index (χ1) is 11.2. The molecular formula is C20H23NO2. The number of phenols is 1. The van der Waals surface area contributed by atoms with Gasteiger partial charge >= 0.3 is 0 Å². The van der Waals surface area contributed by atoms with Crippen LogP contribution in [-0.2, 0) is 12.8 Å². The van der Waals surface area contributed by atoms with Crippen LogP contribution in [0.3, 0.4) is 0 Å². The molecule has 0 aliphatic carbocycles. The first-order valence-corrected chi connectivity index (χ1v) is 8.13. The number of benzene rings is 2. The van der Waals surface area contributed by atoms with Crippen LogP contribution < -0.4 is 9.64 Å². The van der Waals surface area contributed by atoms with Gasteiger partial charge in [0.05, 0.1) is 12.2 Å². The number of nitrogens with zero attached hydrogens (tertiary/aromatic N) is 1. The van der Waals surface area contributed by atoms with E-state index in [0.29, 0.717) is 0 Å². The molecule has 1 aliphatic rings. The molecule has 0 spiro atoms. The van der Waals surface area contributed by atoms with Crippen LogP contribution in [0.15, 0.2) is 55.1 Å². The maximum atomic E-state index is 9.74. The monoisotopic (exact) mass is 309 g/mol. The van der Waals surface area contributed by atoms with Crippen LogP contribution in [0.5, 0.6) is 11.5 Å². The van der Waals surface area contributed by atoms with Gasteiger partial charge in [-0.25, -0.2) is 0 Å². The molecule has 3 nitrogen and oxygen atoms in total. The van der Waals surface area contributed by atoms with Crippen molar-refractivity contribution in [3.8, 4) is 11.5 Å². The predicted octanol–water partition coefficient (Wildman–Crippen LogP) is 3.95. The van der Waals surface area contributed by atoms with Crippen LogP contribution in [0, 0.1) is 0 Å². The predicted molar refractivity (Wildman–Crippen MR) is 94.5 cm³/mol. The molecule has 0 bridgehead atoms. The van der Waals surface area contributed by atoms with Gasteiger partial charge in [0.2, 0.25) is 0 Å². The number of ether oxygens (including phenoxy) is 1. The molecule has 1 atom stereocenters. The quantitative estimate of drug-likeness (QED) is 0.849. The third-order valence-electron chi connectivity index (χ3n) is 4.30. The highest BCUT2D eigenvalue weighted by Crippen LogP contribution is 2.36. The van der Waals surface area contributed by atoms with Gasteiger partial charge in [-0.15, -0.1) is 6.58 Å². The van der Waals surface area contributed by atoms with Crippen LogP contribution in [0.4, 0.5) is 5.69 Å². The van der Waals surface area contributed by atoms with Gasteiger partial charge in [0.1, 0.15) is 17.6 Å². The number of aromatic hydroxyl groups is 1. The Bertz CT molecular complexity index is 696. The van der Waals surface area contributed by atoms with Gasteiger partial charge in [-0.1, -0.05) is 37.3 Å². The summed E-state index contributed by atoms with van der Waals surface area (Å²) in [5.74, 6) is 0.981. The van der Waals surface area contributed by atoms with Gasteiger partial charge < -0.3 is 14.7 Å². The standard InChI is InChI=1S/C20H23NO2/c1-3-11-21-14-18(12-16-8-6-5-7-15(16)4-2)23-20-13-17(22)9-10-19(20)21/h3,5-10,13,18,22H,1,4,11-12,14H2,2H3. The molecule has 0 radical (unpaired) electrons. The van der Waals surface area contributed by atoms with Gasteiger partial charge in [0.25, 0.3) is 0 Å². The SMILES string of the molecule is C=CCN1CC(Cc2ccccc2CC)Oc2cc(O)ccc21. The molecule has 120 valence electrons. The van der Waals surface area contributed by atoms with Gasteiger partial charge in [-0.2, -0.15) is 0 Å². The van der Waals surface area contributed by atoms with E-state index >= 15 is 0 Å². The lowest BCUT2D eigenvalue weighted by Crippen LogP contribution is -2.41. The summed E-state index contributed by atoms with van der Waals surface area (Å²) in [4.78, 5) is 2.25. The number of fused-ring (bicyclic) bond motifs is 1. The number of hydrogen-bond acceptors (Lipinski definition) is 3. The Morgan fingerprint density at radius 3 is 2.78 bits per heavy atom. The number of anilines is 1. The molecule has 0 saturated heterocycles. The molecule has 23 heavy (non-hydrogen) atoms. The Kier molecular flexibility index (Phi) is 4.56. The molecule has 0 aromatic heterocycles. The van der Waals surface area contributed by atoms with Crippen LogP contribution in [0.2, 0.25) is 0 Å². The topological polar surface area (TPSA) is 32.7 Å². The van der Waals surface area contributed by atoms with E-state index < -0.39 is 0 Å². The normalized spacial score (nSPS) is 16.6. The molecule has 0 saturated carbocycles. The van der Waals surface area contributed by atoms with Crippen molar-refractivity contribution in [1.82, 2.24) is 0 Å². The van der Waals surface area contributed by atoms with Crippen LogP contribution in [0.1, 0.15) is 18.1 Å². The van der Waals surface area contributed by atoms with E-state index in [1.165, 1.54) is 11.1 Å². The number of aryl methyl sites for hydroxylation is 1. The summed E-state index contributed by atoms with van der Waals surface area (Å²) >= 11 is 0. The fourth-order valence-electron chi connectivity index (χ4n) is 3.20. The summed E-state index contributed by atoms with van der Waals surface area (Å²) in [5.41, 5.74) is 3.72. The highest BCUT2D eigenvalue weighted by molar-refractivity contribution is 5.62. The van der Waals surface area contributed by atoms with Crippen LogP contribution in [0.25, 0.3) is 0 Å². The minimum absolute atomic E-state index is 0.0666. The lowest BCUT2D eigenvalue weighted by molar-refractivity contribution is 0.194. The van der Waals surface area contributed by atoms with E-state index in [4.69, 9.17) is 4.74 Å². The second kappa shape index (κ2) is 6.78. The maximum absolute atomic E-state index is 9.74. The van der Waals surface area contributed by atoms with E-state index in [1.807, 2.05) is 12.1 Å². The average Bonchev–Trinajstić information content (AvgIpc) is 2.55. The van der Waals surface area contributed by atoms with E-state index in [2.05, 4.69) is 42.7 Å². The van der Waals surface area contributed by atoms with Gasteiger partial charge in [0, 0.05) is 19.0 Å². The zero-order chi connectivity index (χ0) is 16.2. The van der Waals surface area contributed by atoms with Crippen molar-refractivity contribution >= 4 is 5.69 Å². The molecule has 0 amide bonds. The Balaban J connectivity index is 1.86. The van der Waals surface area contributed by atoms with Crippen LogP contribution >= 0.6 is 0 Å². The number of phenolic OH excluding ortho intramolecular Hbond substituents is 1. The first-order valence-electron chi connectivity index (χ1n) is 8.13. The van der Waals surface area contributed by atoms with Crippen molar-refractivity contribution in [1.29, 1.82) is 0 Å². The Hall–Kier alpha value is -2.42. The Labute approximate surface area is 137 Å². The summed E-state index contributed by atoms with van der Waals surface area (Å²) < 4.78 is 6.16. The first kappa shape index (κ1) is 15.5. The van der Waals surface area contributed by atoms with E-state index in [1.54, 1.807) is 12.1 Å². The third kappa shape index (κ3) is 3.34. The highest BCUT2D eigenvalue weighted by Gasteiger charge is 2.26. The van der Waals surface area contributed by atoms with E-state index in [-0.39, 0.29) is 11.9 Å². The van der Waals surface area contributed by atoms with Crippen molar-refractivity contribution < 1.29 is 9.84 Å². The smallest absolute Gasteiger partial charge is 0.146 e. The minimum Gasteiger partial charge on any atom is -0.508 e. The fourth-order valence-corrected chi connectivity index (χ4v) is 3.20. The molecule has 1 aliphatic heterocycles. The maximum Gasteiger partial charge on any atom is 0.146 e. The van der Waals surface area contributed by atoms with Gasteiger partial charge in [0.15, 0.2) is 0 Å². The highest BCUT2D eigenvalue weighted by atomic mass is 16.5. The molecule has 0 fully saturated rings. The largest absolute Gasteiger partial charge is 0.508 e. The summed E-state index contributed by atoms with van der Waals surface area (Å²) in [6, 6.07) is 13.8. The van der Waals surface area contributed by atoms with Crippen LogP contribution in [-0.4, -0.2) is 24.3 Å². The molecule has 1 heterocycles. The van der Waals surface area contributed by atoms with Crippen molar-refractivity contribution in [2.75, 3.05) is 18.0 Å². The van der Waals surface area contributed by atoms with Crippen molar-refractivity contribution in [3.05, 3.63) is 66.2 Å². The van der Waals surface area contributed by atoms with Crippen molar-refractivity contribution in [2.45, 2.75) is 25.9 Å². The molecule has 1 unspecified atom stereocenters. The average molecular weight is 309 g/mol. The molecular weight excluding hydrogens is 286 g/mol. The molecule has 1 N–H and O–H groups in total. The third-order valence-corrected chi connectivity index (χ3v) is 4.30. The lowest BCUT2D eigenvalue weighted by Gasteiger charge is -2.36. The lowest BCUT2D eigenvalue weighted by atomic mass is 9.98. The Morgan fingerprint density at radius 1 is 1.26 bits per heavy atom. The zero-order valence-corrected chi connectivity index (χ0v) is 13.5. The minimum atomic E-state index is 0.0666. The van der Waals surface area contributed by atoms with Gasteiger partial charge in [-0.3, -0.25) is 0 Å². The molecule has 2 aromatic carbocycles. The summed E-state index contributed by atoms with van der Waals surface area (Å²) in [6.45, 7) is 7.62. The molecule has 3 rings (SSSR count). The summed E-state index contributed by atoms with van der Waals surface area (Å²) in [5, 5.41) is 9.74. The number of rotatable bonds is 5. The van der Waals surface area contributed by atoms with Crippen molar-refractivity contribution in [2.24, 2.45) is 0 Å². The van der Waals surface area contributed by atoms with E-state index in [9.17, 15) is 5.11 Å². The summed E-state index contributed by atoms with van der Waals surface area (Å²) in [7, 11) is 0. The fraction of sp³-hybridized carbons (Fsp3) is 0.300. The second-order valence-electron chi connectivity index (χ2n) is 5.91. The molecule has 2 aromatic rings. The van der Waals surface area contributed by atoms with Gasteiger partial charge in [-0.05, 0) is 29.7 Å². The van der Waals surface area contributed by atoms with E-state index in [0.717, 1.165) is 37.4 Å². The molecule has 3 heteroatoms. The summed E-state index contributed by atoms with van der Waals surface area (Å²) in [6.07, 6.45) is 3.86.